The highest BCUT2D eigenvalue weighted by Gasteiger charge is 2.17. The molecule has 0 atom stereocenters. The number of rotatable bonds is 1. The lowest BCUT2D eigenvalue weighted by Crippen LogP contribution is -1.90. The van der Waals surface area contributed by atoms with Crippen LogP contribution >= 0.6 is 24.0 Å². The average molecular weight is 218 g/mol. The number of hydrogen-bond donors (Lipinski definition) is 0. The molecule has 2 rings (SSSR count). The summed E-state index contributed by atoms with van der Waals surface area (Å²) in [4.78, 5) is 21.3. The summed E-state index contributed by atoms with van der Waals surface area (Å²) in [7, 11) is 0. The van der Waals surface area contributed by atoms with E-state index in [2.05, 4.69) is 0 Å². The van der Waals surface area contributed by atoms with Gasteiger partial charge in [0, 0.05) is 5.02 Å². The van der Waals surface area contributed by atoms with Crippen LogP contribution in [-0.4, -0.2) is 4.57 Å². The van der Waals surface area contributed by atoms with Gasteiger partial charge in [-0.2, -0.15) is 0 Å². The molecule has 2 aromatic rings. The Bertz CT molecular complexity index is 472. The van der Waals surface area contributed by atoms with Crippen molar-refractivity contribution < 1.29 is 0 Å². The van der Waals surface area contributed by atoms with E-state index in [9.17, 15) is 9.59 Å². The van der Waals surface area contributed by atoms with Gasteiger partial charge < -0.3 is 0 Å². The standard InChI is InChI=1S/C8H4ClNO2.ClH/c9-5-2-1-3-6(4-5)10-7(11)8(10)12;/h1-4H;1H. The molecule has 1 aromatic heterocycles. The maximum atomic E-state index is 10.7. The van der Waals surface area contributed by atoms with Crippen molar-refractivity contribution in [1.29, 1.82) is 0 Å². The molecule has 0 saturated heterocycles. The summed E-state index contributed by atoms with van der Waals surface area (Å²) in [6.45, 7) is 0. The average Bonchev–Trinajstić information content (AvgIpc) is 2.60. The third-order valence-electron chi connectivity index (χ3n) is 1.61. The third-order valence-corrected chi connectivity index (χ3v) is 1.84. The molecule has 0 saturated carbocycles. The summed E-state index contributed by atoms with van der Waals surface area (Å²) in [5, 5.41) is 0.514. The van der Waals surface area contributed by atoms with Crippen LogP contribution in [0.4, 0.5) is 0 Å². The molecule has 0 amide bonds. The first kappa shape index (κ1) is 10.0. The highest BCUT2D eigenvalue weighted by Crippen LogP contribution is 2.12. The van der Waals surface area contributed by atoms with Crippen molar-refractivity contribution >= 4 is 24.0 Å². The largest absolute Gasteiger partial charge is 0.324 e. The van der Waals surface area contributed by atoms with Crippen molar-refractivity contribution in [3.05, 3.63) is 50.0 Å². The van der Waals surface area contributed by atoms with E-state index in [0.29, 0.717) is 10.7 Å². The first-order valence-corrected chi connectivity index (χ1v) is 3.72. The zero-order valence-corrected chi connectivity index (χ0v) is 7.93. The van der Waals surface area contributed by atoms with Crippen molar-refractivity contribution in [2.45, 2.75) is 0 Å². The molecule has 0 N–H and O–H groups in total. The van der Waals surface area contributed by atoms with Crippen LogP contribution in [0.2, 0.25) is 5.02 Å². The van der Waals surface area contributed by atoms with Gasteiger partial charge in [-0.1, -0.05) is 17.7 Å². The second-order valence-electron chi connectivity index (χ2n) is 2.43. The number of benzene rings is 1. The molecule has 3 nitrogen and oxygen atoms in total. The highest BCUT2D eigenvalue weighted by atomic mass is 35.5. The minimum absolute atomic E-state index is 0. The third kappa shape index (κ3) is 1.66. The van der Waals surface area contributed by atoms with Gasteiger partial charge in [0.2, 0.25) is 0 Å². The summed E-state index contributed by atoms with van der Waals surface area (Å²) in [5.41, 5.74) is -0.410. The van der Waals surface area contributed by atoms with E-state index < -0.39 is 11.1 Å². The Morgan fingerprint density at radius 1 is 1.15 bits per heavy atom. The van der Waals surface area contributed by atoms with Crippen LogP contribution in [0.5, 0.6) is 0 Å². The van der Waals surface area contributed by atoms with Crippen LogP contribution in [0.15, 0.2) is 33.9 Å². The molecule has 1 aromatic carbocycles. The lowest BCUT2D eigenvalue weighted by Gasteiger charge is -1.92. The molecular formula is C8H5Cl2NO2. The van der Waals surface area contributed by atoms with Gasteiger partial charge in [0.05, 0.1) is 5.69 Å². The van der Waals surface area contributed by atoms with E-state index in [1.807, 2.05) is 0 Å². The van der Waals surface area contributed by atoms with Gasteiger partial charge in [-0.05, 0) is 18.2 Å². The van der Waals surface area contributed by atoms with Gasteiger partial charge in [0.1, 0.15) is 0 Å². The van der Waals surface area contributed by atoms with Gasteiger partial charge in [0.15, 0.2) is 0 Å². The quantitative estimate of drug-likeness (QED) is 0.673. The summed E-state index contributed by atoms with van der Waals surface area (Å²) in [6, 6.07) is 6.61. The predicted molar refractivity (Wildman–Crippen MR) is 52.9 cm³/mol. The maximum Gasteiger partial charge on any atom is 0.324 e. The molecule has 5 heteroatoms. The van der Waals surface area contributed by atoms with E-state index >= 15 is 0 Å². The lowest BCUT2D eigenvalue weighted by atomic mass is 10.3. The Morgan fingerprint density at radius 2 is 1.77 bits per heavy atom. The van der Waals surface area contributed by atoms with E-state index in [1.165, 1.54) is 0 Å². The van der Waals surface area contributed by atoms with E-state index in [0.717, 1.165) is 4.57 Å². The summed E-state index contributed by atoms with van der Waals surface area (Å²) < 4.78 is 1.08. The Kier molecular flexibility index (Phi) is 2.59. The fraction of sp³-hybridized carbons (Fsp3) is 0. The molecule has 68 valence electrons. The Labute approximate surface area is 84.7 Å². The van der Waals surface area contributed by atoms with Gasteiger partial charge in [-0.25, -0.2) is 4.57 Å². The van der Waals surface area contributed by atoms with E-state index in [-0.39, 0.29) is 12.4 Å². The van der Waals surface area contributed by atoms with Gasteiger partial charge in [-0.3, -0.25) is 9.59 Å². The molecule has 1 heterocycles. The van der Waals surface area contributed by atoms with Gasteiger partial charge >= 0.3 is 11.1 Å². The molecule has 0 aliphatic heterocycles. The van der Waals surface area contributed by atoms with Crippen LogP contribution in [-0.2, 0) is 0 Å². The van der Waals surface area contributed by atoms with Crippen molar-refractivity contribution in [3.8, 4) is 5.69 Å². The molecule has 0 aliphatic carbocycles. The number of aromatic nitrogens is 1. The molecule has 0 fully saturated rings. The summed E-state index contributed by atoms with van der Waals surface area (Å²) in [6.07, 6.45) is 0. The second-order valence-corrected chi connectivity index (χ2v) is 2.86. The number of nitrogens with zero attached hydrogens (tertiary/aromatic N) is 1. The van der Waals surface area contributed by atoms with Crippen molar-refractivity contribution in [1.82, 2.24) is 4.57 Å². The normalized spacial score (nSPS) is 9.92. The van der Waals surface area contributed by atoms with Gasteiger partial charge in [-0.15, -0.1) is 12.4 Å². The fourth-order valence-electron chi connectivity index (χ4n) is 0.985. The molecule has 0 unspecified atom stereocenters. The Balaban J connectivity index is 0.000000845. The maximum absolute atomic E-state index is 10.7. The Morgan fingerprint density at radius 3 is 2.23 bits per heavy atom. The predicted octanol–water partition coefficient (Wildman–Crippen LogP) is 1.15. The van der Waals surface area contributed by atoms with Crippen molar-refractivity contribution in [3.63, 3.8) is 0 Å². The molecule has 0 aliphatic rings. The van der Waals surface area contributed by atoms with Crippen LogP contribution in [0.1, 0.15) is 0 Å². The number of halogens is 2. The first-order chi connectivity index (χ1) is 5.70. The SMILES string of the molecule is Cl.O=c1c(=O)n1-c1cccc(Cl)c1. The van der Waals surface area contributed by atoms with E-state index in [1.54, 1.807) is 24.3 Å². The van der Waals surface area contributed by atoms with Crippen LogP contribution in [0.25, 0.3) is 5.69 Å². The number of hydrogen-bond acceptors (Lipinski definition) is 2. The highest BCUT2D eigenvalue weighted by molar-refractivity contribution is 6.30. The molecular weight excluding hydrogens is 213 g/mol. The van der Waals surface area contributed by atoms with Gasteiger partial charge in [0.25, 0.3) is 0 Å². The lowest BCUT2D eigenvalue weighted by molar-refractivity contribution is 1.17. The van der Waals surface area contributed by atoms with Crippen LogP contribution in [0.3, 0.4) is 0 Å². The molecule has 0 spiro atoms. The molecule has 0 bridgehead atoms. The summed E-state index contributed by atoms with van der Waals surface area (Å²) >= 11 is 5.66. The van der Waals surface area contributed by atoms with Crippen LogP contribution in [0, 0.1) is 0 Å². The zero-order valence-electron chi connectivity index (χ0n) is 6.36. The molecule has 0 radical (unpaired) electrons. The minimum Gasteiger partial charge on any atom is -0.262 e. The van der Waals surface area contributed by atoms with Crippen molar-refractivity contribution in [2.24, 2.45) is 0 Å². The zero-order chi connectivity index (χ0) is 8.72. The smallest absolute Gasteiger partial charge is 0.262 e. The fourth-order valence-corrected chi connectivity index (χ4v) is 1.17. The van der Waals surface area contributed by atoms with E-state index in [4.69, 9.17) is 11.6 Å². The first-order valence-electron chi connectivity index (χ1n) is 3.34. The topological polar surface area (TPSA) is 39.1 Å². The minimum atomic E-state index is -0.475. The van der Waals surface area contributed by atoms with Crippen molar-refractivity contribution in [2.75, 3.05) is 0 Å². The summed E-state index contributed by atoms with van der Waals surface area (Å²) in [5.74, 6) is 0. The monoisotopic (exact) mass is 217 g/mol. The second kappa shape index (κ2) is 3.36. The van der Waals surface area contributed by atoms with Crippen LogP contribution < -0.4 is 11.1 Å². The Hall–Kier alpha value is -1.06. The molecule has 13 heavy (non-hydrogen) atoms.